The number of hydrogen-bond donors (Lipinski definition) is 1. The number of hydrogen-bond acceptors (Lipinski definition) is 3. The first-order valence-electron chi connectivity index (χ1n) is 6.89. The Morgan fingerprint density at radius 1 is 1.09 bits per heavy atom. The quantitative estimate of drug-likeness (QED) is 0.889. The Kier molecular flexibility index (Phi) is 5.39. The Hall–Kier alpha value is -2.34. The number of nitrogens with zero attached hydrogens (tertiary/aromatic N) is 1. The van der Waals surface area contributed by atoms with Gasteiger partial charge in [0.15, 0.2) is 0 Å². The second-order valence-electron chi connectivity index (χ2n) is 5.08. The molecule has 0 aliphatic carbocycles. The maximum atomic E-state index is 12.4. The average molecular weight is 377 g/mol. The van der Waals surface area contributed by atoms with Crippen LogP contribution in [-0.2, 0) is 0 Å². The van der Waals surface area contributed by atoms with Gasteiger partial charge in [-0.15, -0.1) is 0 Å². The zero-order valence-corrected chi connectivity index (χ0v) is 14.7. The number of rotatable bonds is 4. The smallest absolute Gasteiger partial charge is 0.256 e. The van der Waals surface area contributed by atoms with Crippen LogP contribution in [-0.4, -0.2) is 37.9 Å². The van der Waals surface area contributed by atoms with Crippen LogP contribution in [0.3, 0.4) is 0 Å². The minimum absolute atomic E-state index is 0.0848. The van der Waals surface area contributed by atoms with Gasteiger partial charge in [-0.05, 0) is 58.4 Å². The Morgan fingerprint density at radius 2 is 1.74 bits per heavy atom. The summed E-state index contributed by atoms with van der Waals surface area (Å²) in [5, 5.41) is 2.80. The Bertz CT molecular complexity index is 727. The van der Waals surface area contributed by atoms with Crippen molar-refractivity contribution >= 4 is 33.4 Å². The van der Waals surface area contributed by atoms with E-state index < -0.39 is 0 Å². The van der Waals surface area contributed by atoms with Crippen molar-refractivity contribution in [3.05, 3.63) is 58.1 Å². The first kappa shape index (κ1) is 17.0. The van der Waals surface area contributed by atoms with E-state index >= 15 is 0 Å². The van der Waals surface area contributed by atoms with Gasteiger partial charge in [-0.2, -0.15) is 0 Å². The van der Waals surface area contributed by atoms with Crippen molar-refractivity contribution in [1.82, 2.24) is 4.90 Å². The molecular formula is C17H17BrN2O3. The predicted octanol–water partition coefficient (Wildman–Crippen LogP) is 3.41. The Labute approximate surface area is 143 Å². The zero-order chi connectivity index (χ0) is 17.0. The van der Waals surface area contributed by atoms with Crippen LogP contribution in [0.2, 0.25) is 0 Å². The highest BCUT2D eigenvalue weighted by Gasteiger charge is 2.12. The highest BCUT2D eigenvalue weighted by atomic mass is 79.9. The molecule has 0 spiro atoms. The van der Waals surface area contributed by atoms with Crippen LogP contribution in [0.5, 0.6) is 5.75 Å². The highest BCUT2D eigenvalue weighted by Crippen LogP contribution is 2.23. The van der Waals surface area contributed by atoms with Crippen molar-refractivity contribution in [2.24, 2.45) is 0 Å². The molecule has 0 saturated carbocycles. The van der Waals surface area contributed by atoms with Gasteiger partial charge in [0.05, 0.1) is 12.7 Å². The molecule has 23 heavy (non-hydrogen) atoms. The van der Waals surface area contributed by atoms with E-state index in [1.54, 1.807) is 63.7 Å². The lowest BCUT2D eigenvalue weighted by atomic mass is 10.1. The largest absolute Gasteiger partial charge is 0.497 e. The fourth-order valence-electron chi connectivity index (χ4n) is 1.96. The number of nitrogens with one attached hydrogen (secondary N) is 1. The maximum Gasteiger partial charge on any atom is 0.256 e. The molecule has 2 amide bonds. The summed E-state index contributed by atoms with van der Waals surface area (Å²) < 4.78 is 5.81. The molecular weight excluding hydrogens is 360 g/mol. The number of ether oxygens (including phenoxy) is 1. The van der Waals surface area contributed by atoms with Crippen molar-refractivity contribution in [2.45, 2.75) is 0 Å². The van der Waals surface area contributed by atoms with E-state index in [0.29, 0.717) is 27.0 Å². The zero-order valence-electron chi connectivity index (χ0n) is 13.1. The van der Waals surface area contributed by atoms with Crippen molar-refractivity contribution in [1.29, 1.82) is 0 Å². The van der Waals surface area contributed by atoms with Crippen LogP contribution in [0, 0.1) is 0 Å². The number of carbonyl (C=O) groups is 2. The van der Waals surface area contributed by atoms with Crippen LogP contribution < -0.4 is 10.1 Å². The van der Waals surface area contributed by atoms with Gasteiger partial charge in [-0.25, -0.2) is 0 Å². The third-order valence-electron chi connectivity index (χ3n) is 3.21. The van der Waals surface area contributed by atoms with Gasteiger partial charge in [-0.3, -0.25) is 9.59 Å². The minimum Gasteiger partial charge on any atom is -0.497 e. The van der Waals surface area contributed by atoms with Gasteiger partial charge >= 0.3 is 0 Å². The molecule has 0 aliphatic heterocycles. The first-order chi connectivity index (χ1) is 10.9. The molecule has 0 radical (unpaired) electrons. The second-order valence-corrected chi connectivity index (χ2v) is 5.93. The summed E-state index contributed by atoms with van der Waals surface area (Å²) in [4.78, 5) is 25.7. The van der Waals surface area contributed by atoms with Crippen LogP contribution in [0.25, 0.3) is 0 Å². The van der Waals surface area contributed by atoms with E-state index in [2.05, 4.69) is 21.2 Å². The van der Waals surface area contributed by atoms with Crippen LogP contribution in [0.15, 0.2) is 46.9 Å². The summed E-state index contributed by atoms with van der Waals surface area (Å²) in [6.45, 7) is 0. The molecule has 0 saturated heterocycles. The molecule has 0 aromatic heterocycles. The molecule has 1 N–H and O–H groups in total. The summed E-state index contributed by atoms with van der Waals surface area (Å²) in [6, 6.07) is 11.9. The van der Waals surface area contributed by atoms with Gasteiger partial charge in [0, 0.05) is 29.8 Å². The van der Waals surface area contributed by atoms with Gasteiger partial charge in [0.1, 0.15) is 5.75 Å². The summed E-state index contributed by atoms with van der Waals surface area (Å²) in [5.41, 5.74) is 1.65. The molecule has 0 fully saturated rings. The highest BCUT2D eigenvalue weighted by molar-refractivity contribution is 9.10. The molecule has 0 atom stereocenters. The van der Waals surface area contributed by atoms with Crippen LogP contribution in [0.1, 0.15) is 20.7 Å². The van der Waals surface area contributed by atoms with E-state index in [-0.39, 0.29) is 11.8 Å². The Balaban J connectivity index is 2.16. The molecule has 0 bridgehead atoms. The van der Waals surface area contributed by atoms with Crippen LogP contribution in [0.4, 0.5) is 5.69 Å². The lowest BCUT2D eigenvalue weighted by molar-refractivity contribution is 0.0827. The van der Waals surface area contributed by atoms with Crippen LogP contribution >= 0.6 is 15.9 Å². The molecule has 2 aromatic rings. The van der Waals surface area contributed by atoms with Gasteiger partial charge < -0.3 is 15.0 Å². The normalized spacial score (nSPS) is 10.1. The third kappa shape index (κ3) is 4.10. The van der Waals surface area contributed by atoms with E-state index in [9.17, 15) is 9.59 Å². The predicted molar refractivity (Wildman–Crippen MR) is 93.1 cm³/mol. The molecule has 0 aliphatic rings. The number of methoxy groups -OCH3 is 1. The number of benzene rings is 2. The second kappa shape index (κ2) is 7.28. The van der Waals surface area contributed by atoms with Gasteiger partial charge in [0.2, 0.25) is 0 Å². The minimum atomic E-state index is -0.262. The molecule has 2 rings (SSSR count). The SMILES string of the molecule is COc1ccc(Br)c(C(=O)Nc2ccc(C(=O)N(C)C)cc2)c1. The van der Waals surface area contributed by atoms with E-state index in [1.807, 2.05) is 0 Å². The van der Waals surface area contributed by atoms with Gasteiger partial charge in [0.25, 0.3) is 11.8 Å². The molecule has 6 heteroatoms. The topological polar surface area (TPSA) is 58.6 Å². The van der Waals surface area contributed by atoms with E-state index in [0.717, 1.165) is 0 Å². The number of halogens is 1. The summed E-state index contributed by atoms with van der Waals surface area (Å²) in [6.07, 6.45) is 0. The fraction of sp³-hybridized carbons (Fsp3) is 0.176. The van der Waals surface area contributed by atoms with Crippen molar-refractivity contribution in [3.63, 3.8) is 0 Å². The number of anilines is 1. The van der Waals surface area contributed by atoms with Crippen molar-refractivity contribution in [3.8, 4) is 5.75 Å². The Morgan fingerprint density at radius 3 is 2.30 bits per heavy atom. The molecule has 0 heterocycles. The summed E-state index contributed by atoms with van der Waals surface area (Å²) in [7, 11) is 4.93. The average Bonchev–Trinajstić information content (AvgIpc) is 2.55. The van der Waals surface area contributed by atoms with E-state index in [4.69, 9.17) is 4.74 Å². The molecule has 0 unspecified atom stereocenters. The summed E-state index contributed by atoms with van der Waals surface area (Å²) in [5.74, 6) is 0.256. The standard InChI is InChI=1S/C17H17BrN2O3/c1-20(2)17(22)11-4-6-12(7-5-11)19-16(21)14-10-13(23-3)8-9-15(14)18/h4-10H,1-3H3,(H,19,21). The molecule has 2 aromatic carbocycles. The van der Waals surface area contributed by atoms with Gasteiger partial charge in [-0.1, -0.05) is 0 Å². The third-order valence-corrected chi connectivity index (χ3v) is 3.91. The van der Waals surface area contributed by atoms with E-state index in [1.165, 1.54) is 4.90 Å². The molecule has 5 nitrogen and oxygen atoms in total. The number of carbonyl (C=O) groups excluding carboxylic acids is 2. The first-order valence-corrected chi connectivity index (χ1v) is 7.68. The molecule has 120 valence electrons. The lowest BCUT2D eigenvalue weighted by Crippen LogP contribution is -2.21. The summed E-state index contributed by atoms with van der Waals surface area (Å²) >= 11 is 3.35. The fourth-order valence-corrected chi connectivity index (χ4v) is 2.38. The maximum absolute atomic E-state index is 12.4. The van der Waals surface area contributed by atoms with Crippen molar-refractivity contribution < 1.29 is 14.3 Å². The number of amides is 2. The van der Waals surface area contributed by atoms with Crippen molar-refractivity contribution in [2.75, 3.05) is 26.5 Å². The lowest BCUT2D eigenvalue weighted by Gasteiger charge is -2.11. The monoisotopic (exact) mass is 376 g/mol.